The molecule has 0 fully saturated rings. The molecular weight excluding hydrogens is 308 g/mol. The molecule has 0 saturated heterocycles. The molecule has 6 heteroatoms. The number of ether oxygens (including phenoxy) is 2. The van der Waals surface area contributed by atoms with Gasteiger partial charge >= 0.3 is 6.09 Å². The molecule has 1 N–H and O–H groups in total. The second-order valence-electron chi connectivity index (χ2n) is 6.51. The lowest BCUT2D eigenvalue weighted by Crippen LogP contribution is -2.35. The van der Waals surface area contributed by atoms with E-state index in [0.717, 1.165) is 11.4 Å². The van der Waals surface area contributed by atoms with Gasteiger partial charge in [0.2, 0.25) is 5.91 Å². The van der Waals surface area contributed by atoms with E-state index in [1.807, 2.05) is 39.8 Å². The summed E-state index contributed by atoms with van der Waals surface area (Å²) >= 11 is 0. The molecule has 0 bridgehead atoms. The zero-order chi connectivity index (χ0) is 18.2. The number of carbonyl (C=O) groups is 2. The Morgan fingerprint density at radius 3 is 2.33 bits per heavy atom. The van der Waals surface area contributed by atoms with Crippen molar-refractivity contribution in [1.29, 1.82) is 0 Å². The fourth-order valence-corrected chi connectivity index (χ4v) is 1.93. The first-order valence-electron chi connectivity index (χ1n) is 8.18. The molecule has 0 aliphatic rings. The average molecular weight is 336 g/mol. The molecular formula is C18H28N2O4. The van der Waals surface area contributed by atoms with Crippen LogP contribution in [0.15, 0.2) is 24.3 Å². The number of benzene rings is 1. The Kier molecular flexibility index (Phi) is 7.55. The van der Waals surface area contributed by atoms with E-state index in [0.29, 0.717) is 26.0 Å². The van der Waals surface area contributed by atoms with Gasteiger partial charge in [0.15, 0.2) is 0 Å². The highest BCUT2D eigenvalue weighted by atomic mass is 16.6. The molecule has 0 radical (unpaired) electrons. The van der Waals surface area contributed by atoms with Crippen LogP contribution in [0.4, 0.5) is 10.5 Å². The molecule has 24 heavy (non-hydrogen) atoms. The molecule has 0 aromatic heterocycles. The first-order valence-corrected chi connectivity index (χ1v) is 8.18. The molecule has 6 nitrogen and oxygen atoms in total. The summed E-state index contributed by atoms with van der Waals surface area (Å²) in [4.78, 5) is 25.2. The SMILES string of the molecule is CCOc1ccc(NC(=O)CCCN(C)C(=O)OC(C)(C)C)cc1. The highest BCUT2D eigenvalue weighted by molar-refractivity contribution is 5.90. The van der Waals surface area contributed by atoms with Crippen LogP contribution in [0, 0.1) is 0 Å². The Hall–Kier alpha value is -2.24. The van der Waals surface area contributed by atoms with Crippen molar-refractivity contribution in [3.05, 3.63) is 24.3 Å². The summed E-state index contributed by atoms with van der Waals surface area (Å²) in [6.45, 7) is 8.46. The maximum absolute atomic E-state index is 11.9. The Labute approximate surface area is 144 Å². The van der Waals surface area contributed by atoms with Gasteiger partial charge in [0.1, 0.15) is 11.4 Å². The quantitative estimate of drug-likeness (QED) is 0.825. The fraction of sp³-hybridized carbons (Fsp3) is 0.556. The van der Waals surface area contributed by atoms with Crippen molar-refractivity contribution in [2.24, 2.45) is 0 Å². The van der Waals surface area contributed by atoms with E-state index >= 15 is 0 Å². The van der Waals surface area contributed by atoms with Gasteiger partial charge in [-0.05, 0) is 58.4 Å². The minimum Gasteiger partial charge on any atom is -0.494 e. The highest BCUT2D eigenvalue weighted by Gasteiger charge is 2.19. The van der Waals surface area contributed by atoms with Crippen molar-refractivity contribution >= 4 is 17.7 Å². The Bertz CT molecular complexity index is 535. The largest absolute Gasteiger partial charge is 0.494 e. The molecule has 1 rings (SSSR count). The molecule has 134 valence electrons. The van der Waals surface area contributed by atoms with Crippen LogP contribution in [0.25, 0.3) is 0 Å². The molecule has 0 spiro atoms. The van der Waals surface area contributed by atoms with Gasteiger partial charge < -0.3 is 19.7 Å². The highest BCUT2D eigenvalue weighted by Crippen LogP contribution is 2.16. The summed E-state index contributed by atoms with van der Waals surface area (Å²) in [6, 6.07) is 7.23. The van der Waals surface area contributed by atoms with Gasteiger partial charge in [-0.1, -0.05) is 0 Å². The molecule has 0 aliphatic carbocycles. The van der Waals surface area contributed by atoms with Crippen molar-refractivity contribution in [1.82, 2.24) is 4.90 Å². The minimum absolute atomic E-state index is 0.0863. The third-order valence-electron chi connectivity index (χ3n) is 3.05. The van der Waals surface area contributed by atoms with Crippen LogP contribution >= 0.6 is 0 Å². The van der Waals surface area contributed by atoms with Gasteiger partial charge in [0, 0.05) is 25.7 Å². The maximum Gasteiger partial charge on any atom is 0.410 e. The number of hydrogen-bond donors (Lipinski definition) is 1. The van der Waals surface area contributed by atoms with Crippen molar-refractivity contribution in [2.75, 3.05) is 25.5 Å². The molecule has 0 heterocycles. The lowest BCUT2D eigenvalue weighted by molar-refractivity contribution is -0.116. The summed E-state index contributed by atoms with van der Waals surface area (Å²) in [5.74, 6) is 0.686. The zero-order valence-corrected chi connectivity index (χ0v) is 15.2. The Morgan fingerprint density at radius 1 is 1.17 bits per heavy atom. The van der Waals surface area contributed by atoms with Crippen LogP contribution in [-0.2, 0) is 9.53 Å². The van der Waals surface area contributed by atoms with Crippen LogP contribution < -0.4 is 10.1 Å². The maximum atomic E-state index is 11.9. The molecule has 0 atom stereocenters. The van der Waals surface area contributed by atoms with Gasteiger partial charge in [-0.25, -0.2) is 4.79 Å². The van der Waals surface area contributed by atoms with Crippen LogP contribution in [0.1, 0.15) is 40.5 Å². The van der Waals surface area contributed by atoms with Crippen molar-refractivity contribution in [3.8, 4) is 5.75 Å². The number of nitrogens with one attached hydrogen (secondary N) is 1. The zero-order valence-electron chi connectivity index (χ0n) is 15.2. The van der Waals surface area contributed by atoms with Gasteiger partial charge in [-0.2, -0.15) is 0 Å². The normalized spacial score (nSPS) is 10.9. The van der Waals surface area contributed by atoms with E-state index in [1.165, 1.54) is 4.90 Å². The van der Waals surface area contributed by atoms with Gasteiger partial charge in [-0.15, -0.1) is 0 Å². The standard InChI is InChI=1S/C18H28N2O4/c1-6-23-15-11-9-14(10-12-15)19-16(21)8-7-13-20(5)17(22)24-18(2,3)4/h9-12H,6-8,13H2,1-5H3,(H,19,21). The minimum atomic E-state index is -0.517. The number of rotatable bonds is 7. The van der Waals surface area contributed by atoms with Crippen LogP contribution in [-0.4, -0.2) is 42.7 Å². The second-order valence-corrected chi connectivity index (χ2v) is 6.51. The summed E-state index contributed by atoms with van der Waals surface area (Å²) in [5, 5.41) is 2.82. The summed E-state index contributed by atoms with van der Waals surface area (Å²) < 4.78 is 10.6. The molecule has 1 aromatic carbocycles. The molecule has 0 saturated carbocycles. The van der Waals surface area contributed by atoms with Crippen LogP contribution in [0.2, 0.25) is 0 Å². The van der Waals surface area contributed by atoms with Crippen molar-refractivity contribution < 1.29 is 19.1 Å². The average Bonchev–Trinajstić information content (AvgIpc) is 2.47. The van der Waals surface area contributed by atoms with Gasteiger partial charge in [-0.3, -0.25) is 4.79 Å². The van der Waals surface area contributed by atoms with E-state index in [4.69, 9.17) is 9.47 Å². The summed E-state index contributed by atoms with van der Waals surface area (Å²) in [6.07, 6.45) is 0.522. The van der Waals surface area contributed by atoms with Crippen molar-refractivity contribution in [2.45, 2.75) is 46.1 Å². The third kappa shape index (κ3) is 7.85. The lowest BCUT2D eigenvalue weighted by atomic mass is 10.2. The van der Waals surface area contributed by atoms with Crippen LogP contribution in [0.3, 0.4) is 0 Å². The van der Waals surface area contributed by atoms with E-state index < -0.39 is 5.60 Å². The summed E-state index contributed by atoms with van der Waals surface area (Å²) in [7, 11) is 1.67. The number of nitrogens with zero attached hydrogens (tertiary/aromatic N) is 1. The predicted molar refractivity (Wildman–Crippen MR) is 94.3 cm³/mol. The van der Waals surface area contributed by atoms with E-state index in [2.05, 4.69) is 5.32 Å². The lowest BCUT2D eigenvalue weighted by Gasteiger charge is -2.24. The Balaban J connectivity index is 2.32. The van der Waals surface area contributed by atoms with Crippen molar-refractivity contribution in [3.63, 3.8) is 0 Å². The number of amides is 2. The smallest absolute Gasteiger partial charge is 0.410 e. The fourth-order valence-electron chi connectivity index (χ4n) is 1.93. The second kappa shape index (κ2) is 9.15. The monoisotopic (exact) mass is 336 g/mol. The van der Waals surface area contributed by atoms with Gasteiger partial charge in [0.05, 0.1) is 6.61 Å². The van der Waals surface area contributed by atoms with E-state index in [-0.39, 0.29) is 12.0 Å². The third-order valence-corrected chi connectivity index (χ3v) is 3.05. The first kappa shape index (κ1) is 19.8. The number of hydrogen-bond acceptors (Lipinski definition) is 4. The molecule has 2 amide bonds. The molecule has 0 unspecified atom stereocenters. The molecule has 1 aromatic rings. The Morgan fingerprint density at radius 2 is 1.79 bits per heavy atom. The van der Waals surface area contributed by atoms with Crippen LogP contribution in [0.5, 0.6) is 5.75 Å². The van der Waals surface area contributed by atoms with Gasteiger partial charge in [0.25, 0.3) is 0 Å². The first-order chi connectivity index (χ1) is 11.2. The number of carbonyl (C=O) groups excluding carboxylic acids is 2. The number of anilines is 1. The van der Waals surface area contributed by atoms with E-state index in [1.54, 1.807) is 19.2 Å². The topological polar surface area (TPSA) is 67.9 Å². The van der Waals surface area contributed by atoms with E-state index in [9.17, 15) is 9.59 Å². The summed E-state index contributed by atoms with van der Waals surface area (Å²) in [5.41, 5.74) is 0.208. The molecule has 0 aliphatic heterocycles. The predicted octanol–water partition coefficient (Wildman–Crippen LogP) is 3.67.